The molecule has 0 unspecified atom stereocenters. The number of rotatable bonds is 2. The minimum absolute atomic E-state index is 0.278. The Morgan fingerprint density at radius 1 is 1.00 bits per heavy atom. The van der Waals surface area contributed by atoms with Crippen molar-refractivity contribution in [2.24, 2.45) is 0 Å². The molecule has 0 aliphatic rings. The number of benzene rings is 2. The van der Waals surface area contributed by atoms with Gasteiger partial charge in [-0.1, -0.05) is 43.3 Å². The van der Waals surface area contributed by atoms with Crippen molar-refractivity contribution in [1.29, 1.82) is 0 Å². The molecule has 102 valence electrons. The van der Waals surface area contributed by atoms with Gasteiger partial charge in [-0.15, -0.1) is 0 Å². The Labute approximate surface area is 152 Å². The first-order valence-electron chi connectivity index (χ1n) is 5.69. The van der Waals surface area contributed by atoms with Crippen LogP contribution in [0.5, 0.6) is 5.75 Å². The standard InChI is InChI=1S/C14H14O.3HI.V/c1-2-11-8-9-14(15)13(10-11)12-6-4-3-5-7-12;;;;/h3-10,15H,2H2,1H3;3*1H;/q;;;;+3/p-3. The molecular weight excluding hydrogens is 616 g/mol. The van der Waals surface area contributed by atoms with Crippen molar-refractivity contribution in [2.45, 2.75) is 13.3 Å². The second-order valence-electron chi connectivity index (χ2n) is 3.76. The van der Waals surface area contributed by atoms with E-state index in [0.29, 0.717) is 5.75 Å². The Bertz CT molecular complexity index is 501. The van der Waals surface area contributed by atoms with Gasteiger partial charge in [-0.3, -0.25) is 0 Å². The molecule has 1 nitrogen and oxygen atoms in total. The molecule has 0 bridgehead atoms. The number of hydrogen-bond acceptors (Lipinski definition) is 1. The van der Waals surface area contributed by atoms with Crippen LogP contribution in [0.3, 0.4) is 0 Å². The number of halogens is 3. The fourth-order valence-corrected chi connectivity index (χ4v) is 1.65. The van der Waals surface area contributed by atoms with Gasteiger partial charge in [-0.25, -0.2) is 0 Å². The topological polar surface area (TPSA) is 20.2 Å². The molecule has 0 saturated heterocycles. The number of hydrogen-bond donors (Lipinski definition) is 1. The first kappa shape index (κ1) is 18.1. The SMILES string of the molecule is CCc1ccc(O)c(-c2ccccc2)c1.[I][V]([I])[I]. The molecule has 19 heavy (non-hydrogen) atoms. The van der Waals surface area contributed by atoms with Crippen molar-refractivity contribution in [3.8, 4) is 16.9 Å². The maximum atomic E-state index is 9.78. The predicted octanol–water partition coefficient (Wildman–Crippen LogP) is 6.28. The van der Waals surface area contributed by atoms with Crippen LogP contribution in [0.4, 0.5) is 0 Å². The number of phenolic OH excluding ortho intramolecular Hbond substituents is 1. The van der Waals surface area contributed by atoms with Crippen LogP contribution in [0, 0.1) is 0 Å². The number of phenols is 1. The maximum absolute atomic E-state index is 9.78. The third-order valence-electron chi connectivity index (χ3n) is 2.55. The molecule has 1 N–H and O–H groups in total. The van der Waals surface area contributed by atoms with Gasteiger partial charge in [0.1, 0.15) is 5.75 Å². The van der Waals surface area contributed by atoms with Gasteiger partial charge < -0.3 is 5.11 Å². The molecule has 2 aromatic carbocycles. The third-order valence-corrected chi connectivity index (χ3v) is 2.55. The summed E-state index contributed by atoms with van der Waals surface area (Å²) in [6.07, 6.45) is 0.986. The van der Waals surface area contributed by atoms with E-state index in [1.165, 1.54) is 5.56 Å². The van der Waals surface area contributed by atoms with Crippen molar-refractivity contribution < 1.29 is 10.0 Å². The van der Waals surface area contributed by atoms with Gasteiger partial charge in [0.25, 0.3) is 0 Å². The van der Waals surface area contributed by atoms with E-state index in [-0.39, 0.29) is 4.92 Å². The first-order chi connectivity index (χ1) is 9.04. The molecule has 0 spiro atoms. The zero-order valence-electron chi connectivity index (χ0n) is 10.4. The van der Waals surface area contributed by atoms with E-state index in [2.05, 4.69) is 66.9 Å². The second kappa shape index (κ2) is 9.86. The van der Waals surface area contributed by atoms with E-state index in [9.17, 15) is 5.11 Å². The van der Waals surface area contributed by atoms with E-state index in [1.807, 2.05) is 42.5 Å². The van der Waals surface area contributed by atoms with Gasteiger partial charge in [0.05, 0.1) is 0 Å². The number of aryl methyl sites for hydroxylation is 1. The average Bonchev–Trinajstić information content (AvgIpc) is 2.40. The molecule has 0 saturated carbocycles. The Morgan fingerprint density at radius 3 is 2.11 bits per heavy atom. The molecule has 0 radical (unpaired) electrons. The summed E-state index contributed by atoms with van der Waals surface area (Å²) >= 11 is 7.39. The van der Waals surface area contributed by atoms with Crippen LogP contribution in [0.1, 0.15) is 12.5 Å². The van der Waals surface area contributed by atoms with Crippen molar-refractivity contribution in [2.75, 3.05) is 0 Å². The monoisotopic (exact) mass is 630 g/mol. The van der Waals surface area contributed by atoms with Crippen molar-refractivity contribution >= 4 is 59.9 Å². The molecule has 0 amide bonds. The van der Waals surface area contributed by atoms with Crippen LogP contribution in [0.2, 0.25) is 0 Å². The Balaban J connectivity index is 0.000000399. The van der Waals surface area contributed by atoms with Crippen LogP contribution < -0.4 is 0 Å². The van der Waals surface area contributed by atoms with Crippen molar-refractivity contribution in [3.63, 3.8) is 0 Å². The molecule has 0 aliphatic carbocycles. The molecule has 5 heteroatoms. The summed E-state index contributed by atoms with van der Waals surface area (Å²) in [6.45, 7) is 2.11. The zero-order valence-corrected chi connectivity index (χ0v) is 18.2. The molecule has 0 aromatic heterocycles. The number of aromatic hydroxyl groups is 1. The molecule has 0 heterocycles. The van der Waals surface area contributed by atoms with E-state index in [0.717, 1.165) is 17.5 Å². The summed E-state index contributed by atoms with van der Waals surface area (Å²) in [7, 11) is 0. The fourth-order valence-electron chi connectivity index (χ4n) is 1.65. The molecule has 0 fully saturated rings. The van der Waals surface area contributed by atoms with Crippen LogP contribution >= 0.6 is 59.9 Å². The van der Waals surface area contributed by atoms with E-state index in [1.54, 1.807) is 6.07 Å². The summed E-state index contributed by atoms with van der Waals surface area (Å²) in [5.41, 5.74) is 3.21. The summed E-state index contributed by atoms with van der Waals surface area (Å²) < 4.78 is 0. The predicted molar refractivity (Wildman–Crippen MR) is 105 cm³/mol. The molecule has 2 rings (SSSR count). The second-order valence-corrected chi connectivity index (χ2v) is 39.1. The summed E-state index contributed by atoms with van der Waals surface area (Å²) in [5, 5.41) is 9.78. The molecular formula is C14H14I3OV. The summed E-state index contributed by atoms with van der Waals surface area (Å²) in [4.78, 5) is -0.278. The van der Waals surface area contributed by atoms with Crippen LogP contribution in [0.25, 0.3) is 11.1 Å². The van der Waals surface area contributed by atoms with E-state index >= 15 is 0 Å². The van der Waals surface area contributed by atoms with Crippen molar-refractivity contribution in [3.05, 3.63) is 54.1 Å². The summed E-state index contributed by atoms with van der Waals surface area (Å²) in [6, 6.07) is 15.7. The average molecular weight is 630 g/mol. The Hall–Kier alpha value is 1.01. The Morgan fingerprint density at radius 2 is 1.58 bits per heavy atom. The fraction of sp³-hybridized carbons (Fsp3) is 0.143. The van der Waals surface area contributed by atoms with Gasteiger partial charge in [0.15, 0.2) is 0 Å². The molecule has 2 aromatic rings. The van der Waals surface area contributed by atoms with Gasteiger partial charge in [-0.2, -0.15) is 0 Å². The van der Waals surface area contributed by atoms with Gasteiger partial charge in [0, 0.05) is 5.56 Å². The van der Waals surface area contributed by atoms with E-state index in [4.69, 9.17) is 0 Å². The van der Waals surface area contributed by atoms with Gasteiger partial charge in [-0.05, 0) is 29.7 Å². The molecule has 0 aliphatic heterocycles. The van der Waals surface area contributed by atoms with Crippen LogP contribution in [-0.2, 0) is 11.3 Å². The summed E-state index contributed by atoms with van der Waals surface area (Å²) in [5.74, 6) is 0.346. The third kappa shape index (κ3) is 7.01. The van der Waals surface area contributed by atoms with Gasteiger partial charge >= 0.3 is 64.9 Å². The molecule has 0 atom stereocenters. The Kier molecular flexibility index (Phi) is 9.38. The normalized spacial score (nSPS) is 9.95. The van der Waals surface area contributed by atoms with Crippen LogP contribution in [-0.4, -0.2) is 5.11 Å². The van der Waals surface area contributed by atoms with Crippen LogP contribution in [0.15, 0.2) is 48.5 Å². The zero-order chi connectivity index (χ0) is 14.3. The minimum atomic E-state index is -0.278. The quantitative estimate of drug-likeness (QED) is 0.388. The van der Waals surface area contributed by atoms with Crippen molar-refractivity contribution in [1.82, 2.24) is 0 Å². The van der Waals surface area contributed by atoms with E-state index < -0.39 is 0 Å². The van der Waals surface area contributed by atoms with Gasteiger partial charge in [0.2, 0.25) is 0 Å². The first-order valence-corrected chi connectivity index (χ1v) is 19.2.